The average Bonchev–Trinajstić information content (AvgIpc) is 2.19. The van der Waals surface area contributed by atoms with Crippen LogP contribution in [0.1, 0.15) is 32.6 Å². The molecule has 1 amide bonds. The molecule has 1 fully saturated rings. The Bertz CT molecular complexity index is 272. The van der Waals surface area contributed by atoms with Crippen LogP contribution in [0, 0.1) is 5.41 Å². The lowest BCUT2D eigenvalue weighted by Gasteiger charge is -2.40. The number of hydrogen-bond acceptors (Lipinski definition) is 3. The first kappa shape index (κ1) is 13.6. The third-order valence-corrected chi connectivity index (χ3v) is 4.84. The molecule has 1 aliphatic carbocycles. The number of nitrogens with one attached hydrogen (secondary N) is 1. The fourth-order valence-electron chi connectivity index (χ4n) is 1.91. The van der Waals surface area contributed by atoms with Crippen molar-refractivity contribution >= 4 is 16.7 Å². The van der Waals surface area contributed by atoms with E-state index in [1.54, 1.807) is 6.26 Å². The molecule has 1 rings (SSSR count). The zero-order chi connectivity index (χ0) is 12.2. The van der Waals surface area contributed by atoms with Crippen molar-refractivity contribution in [2.75, 3.05) is 19.3 Å². The van der Waals surface area contributed by atoms with E-state index in [9.17, 15) is 9.00 Å². The van der Waals surface area contributed by atoms with Gasteiger partial charge in [-0.05, 0) is 31.7 Å². The highest BCUT2D eigenvalue weighted by molar-refractivity contribution is 7.84. The summed E-state index contributed by atoms with van der Waals surface area (Å²) in [6.45, 7) is 2.96. The lowest BCUT2D eigenvalue weighted by atomic mass is 9.66. The maximum Gasteiger partial charge on any atom is 0.220 e. The standard InChI is InChI=1S/C11H22N2O2S/c1-9(16(2)15)7-13-10(14)6-11(8-12)4-3-5-11/h9H,3-8,12H2,1-2H3,(H,13,14). The second-order valence-corrected chi connectivity index (χ2v) is 6.65. The lowest BCUT2D eigenvalue weighted by Crippen LogP contribution is -2.43. The SMILES string of the molecule is CC(CNC(=O)CC1(CN)CCC1)S(C)=O. The molecule has 0 aromatic rings. The van der Waals surface area contributed by atoms with Gasteiger partial charge in [0.2, 0.25) is 5.91 Å². The quantitative estimate of drug-likeness (QED) is 0.712. The van der Waals surface area contributed by atoms with E-state index in [0.717, 1.165) is 12.8 Å². The van der Waals surface area contributed by atoms with E-state index in [0.29, 0.717) is 19.5 Å². The summed E-state index contributed by atoms with van der Waals surface area (Å²) >= 11 is 0. The highest BCUT2D eigenvalue weighted by Crippen LogP contribution is 2.42. The fourth-order valence-corrected chi connectivity index (χ4v) is 2.23. The maximum absolute atomic E-state index is 11.7. The van der Waals surface area contributed by atoms with Gasteiger partial charge in [-0.15, -0.1) is 0 Å². The summed E-state index contributed by atoms with van der Waals surface area (Å²) < 4.78 is 11.1. The van der Waals surface area contributed by atoms with Gasteiger partial charge in [0.15, 0.2) is 0 Å². The summed E-state index contributed by atoms with van der Waals surface area (Å²) in [6, 6.07) is 0. The highest BCUT2D eigenvalue weighted by Gasteiger charge is 2.37. The number of carbonyl (C=O) groups excluding carboxylic acids is 1. The molecule has 1 saturated carbocycles. The molecular weight excluding hydrogens is 224 g/mol. The van der Waals surface area contributed by atoms with Gasteiger partial charge in [0.1, 0.15) is 0 Å². The molecule has 94 valence electrons. The average molecular weight is 246 g/mol. The Hall–Kier alpha value is -0.420. The number of hydrogen-bond donors (Lipinski definition) is 2. The minimum absolute atomic E-state index is 0.0131. The summed E-state index contributed by atoms with van der Waals surface area (Å²) in [6.07, 6.45) is 5.48. The first-order chi connectivity index (χ1) is 7.49. The van der Waals surface area contributed by atoms with Gasteiger partial charge in [-0.3, -0.25) is 9.00 Å². The van der Waals surface area contributed by atoms with Crippen LogP contribution in [0.3, 0.4) is 0 Å². The molecule has 4 nitrogen and oxygen atoms in total. The summed E-state index contributed by atoms with van der Waals surface area (Å²) in [5.41, 5.74) is 5.75. The van der Waals surface area contributed by atoms with Crippen molar-refractivity contribution in [2.45, 2.75) is 37.9 Å². The van der Waals surface area contributed by atoms with Crippen molar-refractivity contribution in [1.29, 1.82) is 0 Å². The van der Waals surface area contributed by atoms with Gasteiger partial charge < -0.3 is 11.1 Å². The lowest BCUT2D eigenvalue weighted by molar-refractivity contribution is -0.124. The topological polar surface area (TPSA) is 72.2 Å². The zero-order valence-electron chi connectivity index (χ0n) is 10.1. The molecule has 0 bridgehead atoms. The van der Waals surface area contributed by atoms with E-state index in [2.05, 4.69) is 5.32 Å². The first-order valence-corrected chi connectivity index (χ1v) is 7.40. The molecule has 0 saturated heterocycles. The van der Waals surface area contributed by atoms with E-state index in [-0.39, 0.29) is 16.6 Å². The van der Waals surface area contributed by atoms with Crippen LogP contribution in [0.4, 0.5) is 0 Å². The van der Waals surface area contributed by atoms with Crippen LogP contribution in [0.15, 0.2) is 0 Å². The monoisotopic (exact) mass is 246 g/mol. The van der Waals surface area contributed by atoms with E-state index in [4.69, 9.17) is 5.73 Å². The number of amides is 1. The summed E-state index contributed by atoms with van der Waals surface area (Å²) in [5.74, 6) is 0.0439. The molecule has 0 heterocycles. The molecule has 0 aliphatic heterocycles. The van der Waals surface area contributed by atoms with Crippen LogP contribution < -0.4 is 11.1 Å². The minimum atomic E-state index is -0.879. The van der Waals surface area contributed by atoms with E-state index >= 15 is 0 Å². The predicted molar refractivity (Wildman–Crippen MR) is 66.5 cm³/mol. The van der Waals surface area contributed by atoms with Crippen LogP contribution in [-0.2, 0) is 15.6 Å². The van der Waals surface area contributed by atoms with Crippen LogP contribution >= 0.6 is 0 Å². The van der Waals surface area contributed by atoms with Gasteiger partial charge in [0, 0.05) is 35.3 Å². The van der Waals surface area contributed by atoms with Crippen molar-refractivity contribution in [1.82, 2.24) is 5.32 Å². The number of rotatable bonds is 6. The van der Waals surface area contributed by atoms with Gasteiger partial charge in [-0.1, -0.05) is 6.42 Å². The predicted octanol–water partition coefficient (Wildman–Crippen LogP) is 0.389. The van der Waals surface area contributed by atoms with Gasteiger partial charge in [-0.2, -0.15) is 0 Å². The van der Waals surface area contributed by atoms with Crippen molar-refractivity contribution < 1.29 is 9.00 Å². The Morgan fingerprint density at radius 2 is 2.19 bits per heavy atom. The molecule has 0 spiro atoms. The van der Waals surface area contributed by atoms with Crippen LogP contribution in [0.2, 0.25) is 0 Å². The van der Waals surface area contributed by atoms with Crippen molar-refractivity contribution in [3.63, 3.8) is 0 Å². The van der Waals surface area contributed by atoms with E-state index in [1.165, 1.54) is 6.42 Å². The Labute approximate surface area is 99.8 Å². The third-order valence-electron chi connectivity index (χ3n) is 3.54. The molecule has 0 aromatic heterocycles. The molecule has 16 heavy (non-hydrogen) atoms. The molecule has 1 aliphatic rings. The van der Waals surface area contributed by atoms with Gasteiger partial charge in [0.25, 0.3) is 0 Å². The van der Waals surface area contributed by atoms with Crippen LogP contribution in [0.25, 0.3) is 0 Å². The molecule has 2 unspecified atom stereocenters. The second-order valence-electron chi connectivity index (χ2n) is 4.85. The fraction of sp³-hybridized carbons (Fsp3) is 0.909. The molecule has 0 aromatic carbocycles. The first-order valence-electron chi connectivity index (χ1n) is 5.78. The van der Waals surface area contributed by atoms with Crippen molar-refractivity contribution in [3.05, 3.63) is 0 Å². The number of carbonyl (C=O) groups is 1. The van der Waals surface area contributed by atoms with E-state index in [1.807, 2.05) is 6.92 Å². The Morgan fingerprint density at radius 1 is 1.56 bits per heavy atom. The molecule has 5 heteroatoms. The smallest absolute Gasteiger partial charge is 0.220 e. The Morgan fingerprint density at radius 3 is 2.56 bits per heavy atom. The van der Waals surface area contributed by atoms with Gasteiger partial charge in [-0.25, -0.2) is 0 Å². The second kappa shape index (κ2) is 5.77. The maximum atomic E-state index is 11.7. The Balaban J connectivity index is 2.28. The van der Waals surface area contributed by atoms with Crippen molar-refractivity contribution in [3.8, 4) is 0 Å². The number of nitrogens with two attached hydrogens (primary N) is 1. The molecule has 0 radical (unpaired) electrons. The van der Waals surface area contributed by atoms with Gasteiger partial charge >= 0.3 is 0 Å². The molecule has 3 N–H and O–H groups in total. The minimum Gasteiger partial charge on any atom is -0.355 e. The Kier molecular flexibility index (Phi) is 4.92. The summed E-state index contributed by atoms with van der Waals surface area (Å²) in [5, 5.41) is 2.85. The van der Waals surface area contributed by atoms with Crippen LogP contribution in [0.5, 0.6) is 0 Å². The van der Waals surface area contributed by atoms with Crippen molar-refractivity contribution in [2.24, 2.45) is 11.1 Å². The summed E-state index contributed by atoms with van der Waals surface area (Å²) in [4.78, 5) is 11.7. The molecule has 2 atom stereocenters. The highest BCUT2D eigenvalue weighted by atomic mass is 32.2. The third kappa shape index (κ3) is 3.56. The summed E-state index contributed by atoms with van der Waals surface area (Å²) in [7, 11) is -0.879. The zero-order valence-corrected chi connectivity index (χ0v) is 10.9. The van der Waals surface area contributed by atoms with Gasteiger partial charge in [0.05, 0.1) is 0 Å². The normalized spacial score (nSPS) is 21.9. The largest absolute Gasteiger partial charge is 0.355 e. The van der Waals surface area contributed by atoms with Crippen LogP contribution in [-0.4, -0.2) is 34.7 Å². The van der Waals surface area contributed by atoms with E-state index < -0.39 is 10.8 Å². The molecular formula is C11H22N2O2S.